The molecule has 2 rings (SSSR count). The van der Waals surface area contributed by atoms with E-state index >= 15 is 0 Å². The first-order valence-electron chi connectivity index (χ1n) is 25.7. The van der Waals surface area contributed by atoms with Gasteiger partial charge in [0.25, 0.3) is 0 Å². The second kappa shape index (κ2) is 32.6. The molecule has 1 saturated heterocycles. The van der Waals surface area contributed by atoms with Crippen LogP contribution in [0.5, 0.6) is 0 Å². The Bertz CT molecular complexity index is 1850. The van der Waals surface area contributed by atoms with Crippen molar-refractivity contribution in [3.63, 3.8) is 0 Å². The third-order valence-electron chi connectivity index (χ3n) is 12.6. The summed E-state index contributed by atoms with van der Waals surface area (Å²) in [4.78, 5) is 138. The van der Waals surface area contributed by atoms with Crippen LogP contribution in [0.4, 0.5) is 0 Å². The predicted octanol–water partition coefficient (Wildman–Crippen LogP) is -5.30. The number of carbonyl (C=O) groups is 10. The van der Waals surface area contributed by atoms with Gasteiger partial charge in [-0.15, -0.1) is 0 Å². The molecule has 2 fully saturated rings. The molecule has 416 valence electrons. The number of aliphatic hydroxyl groups is 2. The van der Waals surface area contributed by atoms with Crippen LogP contribution in [-0.2, 0) is 47.9 Å². The molecule has 1 aliphatic heterocycles. The molecule has 20 N–H and O–H groups in total. The number of amides is 10. The normalized spacial score (nSPS) is 25.6. The molecule has 26 heteroatoms. The average molecular weight is 1040 g/mol. The molecular weight excluding hydrogens is 953 g/mol. The highest BCUT2D eigenvalue weighted by atomic mass is 16.3. The van der Waals surface area contributed by atoms with Gasteiger partial charge in [-0.25, -0.2) is 0 Å². The van der Waals surface area contributed by atoms with E-state index in [-0.39, 0.29) is 88.9 Å². The van der Waals surface area contributed by atoms with Crippen LogP contribution in [0.2, 0.25) is 0 Å². The highest BCUT2D eigenvalue weighted by Gasteiger charge is 2.37. The molecule has 0 spiro atoms. The number of nitrogens with two attached hydrogens (primary N) is 4. The lowest BCUT2D eigenvalue weighted by molar-refractivity contribution is -0.137. The average Bonchev–Trinajstić information content (AvgIpc) is 3.33. The van der Waals surface area contributed by atoms with Crippen LogP contribution in [0.25, 0.3) is 0 Å². The zero-order valence-corrected chi connectivity index (χ0v) is 43.4. The van der Waals surface area contributed by atoms with Gasteiger partial charge in [0.1, 0.15) is 60.5 Å². The van der Waals surface area contributed by atoms with Crippen molar-refractivity contribution in [1.82, 2.24) is 53.2 Å². The summed E-state index contributed by atoms with van der Waals surface area (Å²) in [6, 6.07) is -12.4. The largest absolute Gasteiger partial charge is 0.391 e. The SMILES string of the molecule is CC(C)C[C@@H]1NC(=O)[C@@H](CC(C)C)NC(=O)[C@H](CCN)NC(=O)[C@@H](NC(=O)[C@H](CCN)NC(=O)[C@H](C)NC(=O)C(O)C2CCCCC2)CCNC(=O)[C@H](C(C)O)NC(=O)[C@H](CCN)NC(=O)[C@H](CCN)NC1=O. The zero-order chi connectivity index (χ0) is 54.9. The van der Waals surface area contributed by atoms with Gasteiger partial charge in [0.2, 0.25) is 59.1 Å². The molecular formula is C47H86N14O12. The maximum absolute atomic E-state index is 14.3. The molecule has 0 aromatic carbocycles. The van der Waals surface area contributed by atoms with E-state index < -0.39 is 132 Å². The number of nitrogens with one attached hydrogen (secondary N) is 10. The monoisotopic (exact) mass is 1040 g/mol. The second-order valence-corrected chi connectivity index (χ2v) is 19.9. The third kappa shape index (κ3) is 21.8. The Morgan fingerprint density at radius 2 is 0.973 bits per heavy atom. The van der Waals surface area contributed by atoms with Crippen LogP contribution in [0, 0.1) is 17.8 Å². The van der Waals surface area contributed by atoms with Gasteiger partial charge >= 0.3 is 0 Å². The van der Waals surface area contributed by atoms with Gasteiger partial charge in [0.05, 0.1) is 6.10 Å². The molecule has 0 bridgehead atoms. The van der Waals surface area contributed by atoms with E-state index in [1.54, 1.807) is 27.7 Å². The minimum Gasteiger partial charge on any atom is -0.391 e. The molecule has 0 aromatic heterocycles. The number of hydrogen-bond donors (Lipinski definition) is 16. The fourth-order valence-electron chi connectivity index (χ4n) is 8.48. The molecule has 73 heavy (non-hydrogen) atoms. The van der Waals surface area contributed by atoms with Gasteiger partial charge in [-0.3, -0.25) is 47.9 Å². The summed E-state index contributed by atoms with van der Waals surface area (Å²) in [6.45, 7) is 8.90. The first-order valence-corrected chi connectivity index (χ1v) is 25.7. The molecule has 1 heterocycles. The summed E-state index contributed by atoms with van der Waals surface area (Å²) in [5, 5.41) is 46.9. The van der Waals surface area contributed by atoms with E-state index in [9.17, 15) is 58.2 Å². The Kier molecular flexibility index (Phi) is 28.4. The highest BCUT2D eigenvalue weighted by molar-refractivity contribution is 5.98. The number of carbonyl (C=O) groups excluding carboxylic acids is 10. The van der Waals surface area contributed by atoms with Crippen LogP contribution >= 0.6 is 0 Å². The van der Waals surface area contributed by atoms with Crippen molar-refractivity contribution in [2.75, 3.05) is 32.7 Å². The van der Waals surface area contributed by atoms with E-state index in [4.69, 9.17) is 22.9 Å². The minimum absolute atomic E-state index is 0.0726. The van der Waals surface area contributed by atoms with Crippen LogP contribution in [0.3, 0.4) is 0 Å². The quantitative estimate of drug-likeness (QED) is 0.0542. The van der Waals surface area contributed by atoms with Crippen molar-refractivity contribution in [3.05, 3.63) is 0 Å². The second-order valence-electron chi connectivity index (χ2n) is 19.9. The lowest BCUT2D eigenvalue weighted by Gasteiger charge is -2.29. The molecule has 0 aromatic rings. The first-order chi connectivity index (χ1) is 34.5. The maximum Gasteiger partial charge on any atom is 0.249 e. The van der Waals surface area contributed by atoms with E-state index in [2.05, 4.69) is 53.2 Å². The number of rotatable bonds is 20. The molecule has 2 aliphatic rings. The van der Waals surface area contributed by atoms with Crippen molar-refractivity contribution < 1.29 is 58.2 Å². The molecule has 0 radical (unpaired) electrons. The van der Waals surface area contributed by atoms with Gasteiger partial charge in [-0.1, -0.05) is 47.0 Å². The smallest absolute Gasteiger partial charge is 0.249 e. The minimum atomic E-state index is -1.64. The summed E-state index contributed by atoms with van der Waals surface area (Å²) in [7, 11) is 0. The Morgan fingerprint density at radius 3 is 1.41 bits per heavy atom. The van der Waals surface area contributed by atoms with Crippen LogP contribution in [0.1, 0.15) is 119 Å². The van der Waals surface area contributed by atoms with Gasteiger partial charge in [-0.05, 0) is 116 Å². The van der Waals surface area contributed by atoms with Crippen molar-refractivity contribution in [3.8, 4) is 0 Å². The first kappa shape index (κ1) is 63.6. The molecule has 1 aliphatic carbocycles. The fraction of sp³-hybridized carbons (Fsp3) is 0.787. The molecule has 26 nitrogen and oxygen atoms in total. The Morgan fingerprint density at radius 1 is 0.534 bits per heavy atom. The lowest BCUT2D eigenvalue weighted by atomic mass is 9.85. The summed E-state index contributed by atoms with van der Waals surface area (Å²) in [5.74, 6) is -9.13. The van der Waals surface area contributed by atoms with E-state index in [1.807, 2.05) is 0 Å². The predicted molar refractivity (Wildman–Crippen MR) is 269 cm³/mol. The number of hydrogen-bond acceptors (Lipinski definition) is 16. The molecule has 2 unspecified atom stereocenters. The van der Waals surface area contributed by atoms with Crippen molar-refractivity contribution in [1.29, 1.82) is 0 Å². The standard InChI is InChI=1S/C47H86N14O12/c1-24(2)22-34-44(70)57-30(13-18-49)40(66)56-32(15-20-51)43(69)61-36(27(6)62)46(72)52-21-16-33(42(68)55-31(14-19-50)41(67)59-35(23-25(3)4)45(71)60-34)58-39(65)29(12-17-48)54-38(64)26(5)53-47(73)37(63)28-10-8-7-9-11-28/h24-37,62-63H,7-23,48-51H2,1-6H3,(H,52,72)(H,53,73)(H,54,64)(H,55,68)(H,56,66)(H,57,70)(H,58,65)(H,59,67)(H,60,71)(H,61,69)/t26-,27?,29-,30-,31-,32-,33-,34-,35+,36-,37?/m0/s1. The van der Waals surface area contributed by atoms with Crippen LogP contribution in [0.15, 0.2) is 0 Å². The van der Waals surface area contributed by atoms with Gasteiger partial charge in [0.15, 0.2) is 0 Å². The maximum atomic E-state index is 14.3. The highest BCUT2D eigenvalue weighted by Crippen LogP contribution is 2.26. The van der Waals surface area contributed by atoms with Crippen molar-refractivity contribution >= 4 is 59.1 Å². The van der Waals surface area contributed by atoms with E-state index in [0.29, 0.717) is 12.8 Å². The van der Waals surface area contributed by atoms with Gasteiger partial charge < -0.3 is 86.3 Å². The van der Waals surface area contributed by atoms with Gasteiger partial charge in [0, 0.05) is 6.54 Å². The molecule has 10 amide bonds. The summed E-state index contributed by atoms with van der Waals surface area (Å²) in [6.07, 6.45) is 0.389. The molecule has 1 saturated carbocycles. The summed E-state index contributed by atoms with van der Waals surface area (Å²) >= 11 is 0. The Hall–Kier alpha value is -5.54. The summed E-state index contributed by atoms with van der Waals surface area (Å²) in [5.41, 5.74) is 23.4. The van der Waals surface area contributed by atoms with Crippen LogP contribution in [-0.4, -0.2) is 169 Å². The summed E-state index contributed by atoms with van der Waals surface area (Å²) < 4.78 is 0. The van der Waals surface area contributed by atoms with Crippen molar-refractivity contribution in [2.24, 2.45) is 40.7 Å². The van der Waals surface area contributed by atoms with Crippen LogP contribution < -0.4 is 76.1 Å². The fourth-order valence-corrected chi connectivity index (χ4v) is 8.48. The zero-order valence-electron chi connectivity index (χ0n) is 43.4. The van der Waals surface area contributed by atoms with Crippen molar-refractivity contribution in [2.45, 2.75) is 185 Å². The van der Waals surface area contributed by atoms with Gasteiger partial charge in [-0.2, -0.15) is 0 Å². The Balaban J connectivity index is 2.61. The third-order valence-corrected chi connectivity index (χ3v) is 12.6. The number of aliphatic hydroxyl groups excluding tert-OH is 2. The van der Waals surface area contributed by atoms with E-state index in [1.165, 1.54) is 13.8 Å². The Labute approximate surface area is 428 Å². The molecule has 11 atom stereocenters. The van der Waals surface area contributed by atoms with E-state index in [0.717, 1.165) is 19.3 Å². The topological polar surface area (TPSA) is 436 Å². The lowest BCUT2D eigenvalue weighted by Crippen LogP contribution is -2.61.